The number of nitrogens with zero attached hydrogens (tertiary/aromatic N) is 1. The van der Waals surface area contributed by atoms with Crippen LogP contribution in [0, 0.1) is 11.6 Å². The summed E-state index contributed by atoms with van der Waals surface area (Å²) in [7, 11) is -3.83. The van der Waals surface area contributed by atoms with Crippen molar-refractivity contribution in [2.45, 2.75) is 9.92 Å². The zero-order valence-electron chi connectivity index (χ0n) is 13.5. The van der Waals surface area contributed by atoms with E-state index in [-0.39, 0.29) is 21.2 Å². The predicted molar refractivity (Wildman–Crippen MR) is 98.1 cm³/mol. The van der Waals surface area contributed by atoms with Gasteiger partial charge in [0, 0.05) is 16.7 Å². The number of carbonyl (C=O) groups excluding carboxylic acids is 1. The van der Waals surface area contributed by atoms with Gasteiger partial charge in [-0.05, 0) is 48.5 Å². The third-order valence-electron chi connectivity index (χ3n) is 3.58. The molecule has 0 saturated carbocycles. The Kier molecular flexibility index (Phi) is 5.33. The Morgan fingerprint density at radius 3 is 2.30 bits per heavy atom. The third-order valence-corrected chi connectivity index (χ3v) is 5.79. The Balaban J connectivity index is 1.82. The maximum atomic E-state index is 13.6. The number of halogens is 3. The molecule has 0 aliphatic carbocycles. The normalized spacial score (nSPS) is 11.2. The number of rotatable bonds is 4. The molecule has 2 aromatic carbocycles. The van der Waals surface area contributed by atoms with Gasteiger partial charge in [0.1, 0.15) is 11.6 Å². The molecule has 1 heterocycles. The van der Waals surface area contributed by atoms with E-state index < -0.39 is 27.4 Å². The Hall–Kier alpha value is -2.65. The smallest absolute Gasteiger partial charge is 0.257 e. The highest BCUT2D eigenvalue weighted by Gasteiger charge is 2.20. The van der Waals surface area contributed by atoms with Gasteiger partial charge in [-0.1, -0.05) is 15.9 Å². The molecule has 0 saturated heterocycles. The molecule has 9 heteroatoms. The standard InChI is InChI=1S/C18H11BrF2N2O3S/c19-12-2-5-14(6-3-12)27(25,26)17-8-1-11(10-22-17)18(24)23-16-7-4-13(20)9-15(16)21/h1-10H,(H,23,24). The highest BCUT2D eigenvalue weighted by atomic mass is 79.9. The molecule has 0 spiro atoms. The van der Waals surface area contributed by atoms with Crippen LogP contribution in [0.1, 0.15) is 10.4 Å². The third kappa shape index (κ3) is 4.20. The predicted octanol–water partition coefficient (Wildman–Crippen LogP) is 4.21. The molecule has 0 unspecified atom stereocenters. The molecule has 3 aromatic rings. The van der Waals surface area contributed by atoms with Crippen LogP contribution in [0.4, 0.5) is 14.5 Å². The van der Waals surface area contributed by atoms with Crippen LogP contribution >= 0.6 is 15.9 Å². The molecular weight excluding hydrogens is 442 g/mol. The number of anilines is 1. The average molecular weight is 453 g/mol. The number of amides is 1. The fourth-order valence-corrected chi connectivity index (χ4v) is 3.63. The summed E-state index contributed by atoms with van der Waals surface area (Å²) in [6, 6.07) is 11.2. The molecule has 5 nitrogen and oxygen atoms in total. The molecule has 0 aliphatic rings. The first-order chi connectivity index (χ1) is 12.8. The van der Waals surface area contributed by atoms with E-state index in [1.54, 1.807) is 12.1 Å². The first-order valence-electron chi connectivity index (χ1n) is 7.50. The minimum Gasteiger partial charge on any atom is -0.319 e. The zero-order chi connectivity index (χ0) is 19.6. The monoisotopic (exact) mass is 452 g/mol. The minimum atomic E-state index is -3.83. The van der Waals surface area contributed by atoms with Crippen LogP contribution in [0.3, 0.4) is 0 Å². The summed E-state index contributed by atoms with van der Waals surface area (Å²) in [5, 5.41) is 2.05. The molecule has 0 atom stereocenters. The Labute approximate surface area is 162 Å². The van der Waals surface area contributed by atoms with Crippen molar-refractivity contribution in [3.8, 4) is 0 Å². The summed E-state index contributed by atoms with van der Waals surface area (Å²) in [4.78, 5) is 16.0. The number of sulfone groups is 1. The molecule has 27 heavy (non-hydrogen) atoms. The van der Waals surface area contributed by atoms with Crippen LogP contribution in [0.15, 0.2) is 75.2 Å². The molecular formula is C18H11BrF2N2O3S. The van der Waals surface area contributed by atoms with Crippen molar-refractivity contribution in [1.29, 1.82) is 0 Å². The number of carbonyl (C=O) groups is 1. The lowest BCUT2D eigenvalue weighted by atomic mass is 10.2. The molecule has 1 N–H and O–H groups in total. The van der Waals surface area contributed by atoms with Crippen LogP contribution in [0.25, 0.3) is 0 Å². The van der Waals surface area contributed by atoms with E-state index in [1.807, 2.05) is 0 Å². The van der Waals surface area contributed by atoms with Gasteiger partial charge in [-0.15, -0.1) is 0 Å². The van der Waals surface area contributed by atoms with Gasteiger partial charge in [0.15, 0.2) is 5.03 Å². The van der Waals surface area contributed by atoms with Crippen LogP contribution in [-0.4, -0.2) is 19.3 Å². The van der Waals surface area contributed by atoms with Gasteiger partial charge in [-0.25, -0.2) is 22.2 Å². The molecule has 1 aromatic heterocycles. The average Bonchev–Trinajstić information content (AvgIpc) is 2.64. The van der Waals surface area contributed by atoms with Crippen LogP contribution in [-0.2, 0) is 9.84 Å². The molecule has 1 amide bonds. The Morgan fingerprint density at radius 2 is 1.70 bits per heavy atom. The summed E-state index contributed by atoms with van der Waals surface area (Å²) in [5.74, 6) is -2.40. The van der Waals surface area contributed by atoms with Crippen molar-refractivity contribution < 1.29 is 22.0 Å². The van der Waals surface area contributed by atoms with Crippen molar-refractivity contribution in [1.82, 2.24) is 4.98 Å². The molecule has 0 radical (unpaired) electrons. The van der Waals surface area contributed by atoms with E-state index in [4.69, 9.17) is 0 Å². The van der Waals surface area contributed by atoms with Gasteiger partial charge in [0.2, 0.25) is 9.84 Å². The van der Waals surface area contributed by atoms with Crippen molar-refractivity contribution in [2.24, 2.45) is 0 Å². The summed E-state index contributed by atoms with van der Waals surface area (Å²) in [6.07, 6.45) is 1.07. The second kappa shape index (κ2) is 7.53. The number of benzene rings is 2. The van der Waals surface area contributed by atoms with Crippen molar-refractivity contribution in [2.75, 3.05) is 5.32 Å². The number of aromatic nitrogens is 1. The van der Waals surface area contributed by atoms with Gasteiger partial charge >= 0.3 is 0 Å². The first kappa shape index (κ1) is 19.1. The first-order valence-corrected chi connectivity index (χ1v) is 9.78. The fraction of sp³-hybridized carbons (Fsp3) is 0. The van der Waals surface area contributed by atoms with E-state index in [0.29, 0.717) is 6.07 Å². The summed E-state index contributed by atoms with van der Waals surface area (Å²) < 4.78 is 52.3. The van der Waals surface area contributed by atoms with Crippen molar-refractivity contribution >= 4 is 37.4 Å². The summed E-state index contributed by atoms with van der Waals surface area (Å²) >= 11 is 3.23. The lowest BCUT2D eigenvalue weighted by Gasteiger charge is -2.08. The maximum Gasteiger partial charge on any atom is 0.257 e. The SMILES string of the molecule is O=C(Nc1ccc(F)cc1F)c1ccc(S(=O)(=O)c2ccc(Br)cc2)nc1. The van der Waals surface area contributed by atoms with Crippen LogP contribution in [0.2, 0.25) is 0 Å². The minimum absolute atomic E-state index is 0.0217. The van der Waals surface area contributed by atoms with Gasteiger partial charge < -0.3 is 5.32 Å². The number of nitrogens with one attached hydrogen (secondary N) is 1. The van der Waals surface area contributed by atoms with Crippen molar-refractivity contribution in [3.05, 3.63) is 82.5 Å². The Bertz CT molecular complexity index is 1100. The van der Waals surface area contributed by atoms with E-state index in [1.165, 1.54) is 24.3 Å². The van der Waals surface area contributed by atoms with Gasteiger partial charge in [0.05, 0.1) is 16.1 Å². The van der Waals surface area contributed by atoms with Crippen LogP contribution in [0.5, 0.6) is 0 Å². The molecule has 0 aliphatic heterocycles. The quantitative estimate of drug-likeness (QED) is 0.643. The lowest BCUT2D eigenvalue weighted by molar-refractivity contribution is 0.102. The van der Waals surface area contributed by atoms with E-state index >= 15 is 0 Å². The number of hydrogen-bond acceptors (Lipinski definition) is 4. The fourth-order valence-electron chi connectivity index (χ4n) is 2.19. The van der Waals surface area contributed by atoms with Gasteiger partial charge in [0.25, 0.3) is 5.91 Å². The highest BCUT2D eigenvalue weighted by Crippen LogP contribution is 2.22. The van der Waals surface area contributed by atoms with E-state index in [9.17, 15) is 22.0 Å². The van der Waals surface area contributed by atoms with Gasteiger partial charge in [-0.2, -0.15) is 0 Å². The molecule has 3 rings (SSSR count). The molecule has 138 valence electrons. The van der Waals surface area contributed by atoms with Crippen molar-refractivity contribution in [3.63, 3.8) is 0 Å². The lowest BCUT2D eigenvalue weighted by Crippen LogP contribution is -2.14. The summed E-state index contributed by atoms with van der Waals surface area (Å²) in [6.45, 7) is 0. The number of pyridine rings is 1. The maximum absolute atomic E-state index is 13.6. The topological polar surface area (TPSA) is 76.1 Å². The van der Waals surface area contributed by atoms with E-state index in [2.05, 4.69) is 26.2 Å². The molecule has 0 fully saturated rings. The van der Waals surface area contributed by atoms with E-state index in [0.717, 1.165) is 22.8 Å². The highest BCUT2D eigenvalue weighted by molar-refractivity contribution is 9.10. The van der Waals surface area contributed by atoms with Crippen LogP contribution < -0.4 is 5.32 Å². The zero-order valence-corrected chi connectivity index (χ0v) is 15.9. The Morgan fingerprint density at radius 1 is 1.00 bits per heavy atom. The summed E-state index contributed by atoms with van der Waals surface area (Å²) in [5.41, 5.74) is -0.179. The molecule has 0 bridgehead atoms. The second-order valence-electron chi connectivity index (χ2n) is 5.42. The number of hydrogen-bond donors (Lipinski definition) is 1. The largest absolute Gasteiger partial charge is 0.319 e. The van der Waals surface area contributed by atoms with Gasteiger partial charge in [-0.3, -0.25) is 4.79 Å². The second-order valence-corrected chi connectivity index (χ2v) is 8.23.